The molecular formula is C8H18INO2. The van der Waals surface area contributed by atoms with Gasteiger partial charge in [0.1, 0.15) is 0 Å². The summed E-state index contributed by atoms with van der Waals surface area (Å²) in [6, 6.07) is 0. The van der Waals surface area contributed by atoms with E-state index in [1.165, 1.54) is 12.8 Å². The zero-order chi connectivity index (χ0) is 9.98. The number of nitrogens with two attached hydrogens (primary N) is 1. The topological polar surface area (TPSA) is 63.3 Å². The van der Waals surface area contributed by atoms with Crippen LogP contribution in [-0.4, -0.2) is 22.0 Å². The van der Waals surface area contributed by atoms with E-state index in [4.69, 9.17) is 15.6 Å². The molecule has 3 nitrogen and oxygen atoms in total. The second-order valence-electron chi connectivity index (χ2n) is 2.57. The van der Waals surface area contributed by atoms with Crippen LogP contribution in [0.4, 0.5) is 0 Å². The van der Waals surface area contributed by atoms with E-state index in [1.807, 2.05) is 0 Å². The molecule has 0 aromatic heterocycles. The molecular weight excluding hydrogens is 269 g/mol. The molecule has 0 amide bonds. The molecule has 2 unspecified atom stereocenters. The van der Waals surface area contributed by atoms with Crippen LogP contribution in [0.3, 0.4) is 0 Å². The predicted octanol–water partition coefficient (Wildman–Crippen LogP) is 1.89. The first kappa shape index (κ1) is 14.7. The fraction of sp³-hybridized carbons (Fsp3) is 0.875. The molecule has 2 atom stereocenters. The Hall–Kier alpha value is 0.160. The van der Waals surface area contributed by atoms with Crippen LogP contribution in [0.15, 0.2) is 0 Å². The Morgan fingerprint density at radius 3 is 2.17 bits per heavy atom. The molecule has 74 valence electrons. The first-order chi connectivity index (χ1) is 5.63. The maximum Gasteiger partial charge on any atom is 0.290 e. The van der Waals surface area contributed by atoms with Crippen LogP contribution in [0.5, 0.6) is 0 Å². The summed E-state index contributed by atoms with van der Waals surface area (Å²) < 4.78 is 0.729. The highest BCUT2D eigenvalue weighted by Crippen LogP contribution is 2.16. The molecule has 0 aliphatic carbocycles. The maximum atomic E-state index is 8.36. The highest BCUT2D eigenvalue weighted by Gasteiger charge is 2.10. The normalized spacial score (nSPS) is 14.0. The summed E-state index contributed by atoms with van der Waals surface area (Å²) in [7, 11) is 0. The number of halogens is 1. The third kappa shape index (κ3) is 10.2. The van der Waals surface area contributed by atoms with Gasteiger partial charge in [0, 0.05) is 3.92 Å². The number of alkyl halides is 1. The Morgan fingerprint density at radius 1 is 1.67 bits per heavy atom. The molecule has 0 heterocycles. The number of hydrogen-bond donors (Lipinski definition) is 2. The van der Waals surface area contributed by atoms with Crippen molar-refractivity contribution in [2.24, 2.45) is 11.7 Å². The van der Waals surface area contributed by atoms with Gasteiger partial charge in [0.2, 0.25) is 0 Å². The first-order valence-electron chi connectivity index (χ1n) is 4.05. The van der Waals surface area contributed by atoms with Crippen molar-refractivity contribution in [1.29, 1.82) is 0 Å². The Balaban J connectivity index is 0. The number of hydrogen-bond acceptors (Lipinski definition) is 2. The summed E-state index contributed by atoms with van der Waals surface area (Å²) in [5.41, 5.74) is 5.55. The fourth-order valence-electron chi connectivity index (χ4n) is 0.906. The van der Waals surface area contributed by atoms with E-state index in [9.17, 15) is 0 Å². The molecule has 0 saturated heterocycles. The van der Waals surface area contributed by atoms with E-state index in [1.54, 1.807) is 0 Å². The summed E-state index contributed by atoms with van der Waals surface area (Å²) in [4.78, 5) is 8.36. The summed E-state index contributed by atoms with van der Waals surface area (Å²) in [5.74, 6) is 0.732. The van der Waals surface area contributed by atoms with Crippen LogP contribution in [0, 0.1) is 5.92 Å². The van der Waals surface area contributed by atoms with Crippen LogP contribution >= 0.6 is 22.6 Å². The second-order valence-corrected chi connectivity index (χ2v) is 4.53. The minimum absolute atomic E-state index is 0.250. The van der Waals surface area contributed by atoms with Crippen LogP contribution in [0.1, 0.15) is 26.7 Å². The lowest BCUT2D eigenvalue weighted by Crippen LogP contribution is -2.21. The van der Waals surface area contributed by atoms with Crippen molar-refractivity contribution in [3.63, 3.8) is 0 Å². The third-order valence-corrected chi connectivity index (χ3v) is 2.63. The Morgan fingerprint density at radius 2 is 2.08 bits per heavy atom. The summed E-state index contributed by atoms with van der Waals surface area (Å²) >= 11 is 2.45. The number of carbonyl (C=O) groups is 1. The zero-order valence-electron chi connectivity index (χ0n) is 7.66. The summed E-state index contributed by atoms with van der Waals surface area (Å²) in [6.07, 6.45) is 2.54. The smallest absolute Gasteiger partial charge is 0.290 e. The molecule has 0 bridgehead atoms. The lowest BCUT2D eigenvalue weighted by Gasteiger charge is -2.15. The van der Waals surface area contributed by atoms with Gasteiger partial charge in [-0.2, -0.15) is 0 Å². The monoisotopic (exact) mass is 287 g/mol. The molecule has 3 N–H and O–H groups in total. The lowest BCUT2D eigenvalue weighted by molar-refractivity contribution is -0.122. The van der Waals surface area contributed by atoms with Gasteiger partial charge in [0.15, 0.2) is 0 Å². The number of carboxylic acid groups (broad SMARTS) is 1. The molecule has 0 aliphatic rings. The molecule has 0 fully saturated rings. The van der Waals surface area contributed by atoms with Gasteiger partial charge in [0.25, 0.3) is 6.47 Å². The average Bonchev–Trinajstić information content (AvgIpc) is 2.01. The molecule has 4 heteroatoms. The highest BCUT2D eigenvalue weighted by atomic mass is 127. The predicted molar refractivity (Wildman–Crippen MR) is 59.6 cm³/mol. The minimum Gasteiger partial charge on any atom is -0.483 e. The lowest BCUT2D eigenvalue weighted by atomic mass is 10.0. The van der Waals surface area contributed by atoms with Crippen LogP contribution in [0.25, 0.3) is 0 Å². The number of rotatable bonds is 4. The van der Waals surface area contributed by atoms with Gasteiger partial charge < -0.3 is 10.8 Å². The van der Waals surface area contributed by atoms with Crippen molar-refractivity contribution in [2.75, 3.05) is 6.54 Å². The van der Waals surface area contributed by atoms with E-state index in [-0.39, 0.29) is 6.47 Å². The standard InChI is InChI=1S/C7H16IN.CH2O2/c1-3-4-7(5-9)6(2)8;2-1-3/h6-7H,3-5,9H2,1-2H3;1H,(H,2,3). The van der Waals surface area contributed by atoms with Crippen LogP contribution in [-0.2, 0) is 4.79 Å². The Kier molecular flexibility index (Phi) is 13.6. The average molecular weight is 287 g/mol. The molecule has 0 aromatic rings. The van der Waals surface area contributed by atoms with Gasteiger partial charge in [0.05, 0.1) is 0 Å². The zero-order valence-corrected chi connectivity index (χ0v) is 9.82. The molecule has 12 heavy (non-hydrogen) atoms. The minimum atomic E-state index is -0.250. The van der Waals surface area contributed by atoms with Crippen molar-refractivity contribution in [1.82, 2.24) is 0 Å². The van der Waals surface area contributed by atoms with Gasteiger partial charge in [-0.1, -0.05) is 42.9 Å². The first-order valence-corrected chi connectivity index (χ1v) is 5.30. The van der Waals surface area contributed by atoms with E-state index >= 15 is 0 Å². The van der Waals surface area contributed by atoms with Crippen molar-refractivity contribution in [2.45, 2.75) is 30.6 Å². The Labute approximate surface area is 87.9 Å². The van der Waals surface area contributed by atoms with Crippen molar-refractivity contribution in [3.05, 3.63) is 0 Å². The molecule has 0 aliphatic heterocycles. The van der Waals surface area contributed by atoms with E-state index in [0.717, 1.165) is 16.4 Å². The highest BCUT2D eigenvalue weighted by molar-refractivity contribution is 14.1. The quantitative estimate of drug-likeness (QED) is 0.471. The van der Waals surface area contributed by atoms with Crippen LogP contribution in [0.2, 0.25) is 0 Å². The van der Waals surface area contributed by atoms with Gasteiger partial charge in [-0.3, -0.25) is 4.79 Å². The Bertz CT molecular complexity index is 99.1. The van der Waals surface area contributed by atoms with Gasteiger partial charge >= 0.3 is 0 Å². The summed E-state index contributed by atoms with van der Waals surface area (Å²) in [5, 5.41) is 6.89. The fourth-order valence-corrected chi connectivity index (χ4v) is 1.56. The van der Waals surface area contributed by atoms with Crippen molar-refractivity contribution >= 4 is 29.1 Å². The van der Waals surface area contributed by atoms with Gasteiger partial charge in [-0.05, 0) is 18.9 Å². The third-order valence-electron chi connectivity index (χ3n) is 1.61. The van der Waals surface area contributed by atoms with Crippen molar-refractivity contribution in [3.8, 4) is 0 Å². The molecule has 0 spiro atoms. The summed E-state index contributed by atoms with van der Waals surface area (Å²) in [6.45, 7) is 5.04. The van der Waals surface area contributed by atoms with E-state index in [0.29, 0.717) is 0 Å². The van der Waals surface area contributed by atoms with Crippen molar-refractivity contribution < 1.29 is 9.90 Å². The van der Waals surface area contributed by atoms with E-state index in [2.05, 4.69) is 36.4 Å². The van der Waals surface area contributed by atoms with E-state index < -0.39 is 0 Å². The van der Waals surface area contributed by atoms with Gasteiger partial charge in [-0.15, -0.1) is 0 Å². The molecule has 0 saturated carbocycles. The molecule has 0 rings (SSSR count). The van der Waals surface area contributed by atoms with Crippen LogP contribution < -0.4 is 5.73 Å². The SMILES string of the molecule is CCCC(CN)C(C)I.O=CO. The van der Waals surface area contributed by atoms with Gasteiger partial charge in [-0.25, -0.2) is 0 Å². The maximum absolute atomic E-state index is 8.36. The molecule has 0 aromatic carbocycles. The largest absolute Gasteiger partial charge is 0.483 e. The second kappa shape index (κ2) is 11.2. The molecule has 0 radical (unpaired) electrons.